The minimum atomic E-state index is 0.297. The van der Waals surface area contributed by atoms with Crippen molar-refractivity contribution in [2.75, 3.05) is 0 Å². The molecule has 1 N–H and O–H groups in total. The summed E-state index contributed by atoms with van der Waals surface area (Å²) in [5.41, 5.74) is 1.05. The van der Waals surface area contributed by atoms with Crippen molar-refractivity contribution in [2.45, 2.75) is 0 Å². The van der Waals surface area contributed by atoms with Crippen molar-refractivity contribution >= 4 is 0 Å². The fourth-order valence-corrected chi connectivity index (χ4v) is 1.13. The van der Waals surface area contributed by atoms with Crippen molar-refractivity contribution in [3.8, 4) is 11.4 Å². The molecule has 0 unspecified atom stereocenters. The van der Waals surface area contributed by atoms with Gasteiger partial charge < -0.3 is 9.67 Å². The number of aromatic nitrogens is 1. The Morgan fingerprint density at radius 3 is 2.08 bits per heavy atom. The number of rotatable bonds is 1. The molecule has 0 radical (unpaired) electrons. The molecular formula is C10H9NO. The minimum absolute atomic E-state index is 0.297. The molecule has 0 saturated heterocycles. The van der Waals surface area contributed by atoms with Crippen LogP contribution in [0.3, 0.4) is 0 Å². The first-order valence-electron chi connectivity index (χ1n) is 3.78. The summed E-state index contributed by atoms with van der Waals surface area (Å²) in [5.74, 6) is 0.297. The van der Waals surface area contributed by atoms with Gasteiger partial charge in [-0.25, -0.2) is 0 Å². The maximum absolute atomic E-state index is 9.04. The molecule has 2 aromatic rings. The summed E-state index contributed by atoms with van der Waals surface area (Å²) in [4.78, 5) is 0. The van der Waals surface area contributed by atoms with Crippen molar-refractivity contribution in [2.24, 2.45) is 0 Å². The lowest BCUT2D eigenvalue weighted by atomic mass is 10.3. The number of hydrogen-bond donors (Lipinski definition) is 1. The first-order valence-corrected chi connectivity index (χ1v) is 3.78. The van der Waals surface area contributed by atoms with E-state index in [2.05, 4.69) is 0 Å². The van der Waals surface area contributed by atoms with Crippen LogP contribution < -0.4 is 0 Å². The number of phenols is 1. The highest BCUT2D eigenvalue weighted by atomic mass is 16.3. The van der Waals surface area contributed by atoms with Gasteiger partial charge in [-0.05, 0) is 36.4 Å². The Morgan fingerprint density at radius 1 is 0.917 bits per heavy atom. The molecule has 1 aromatic heterocycles. The van der Waals surface area contributed by atoms with Crippen LogP contribution in [0.5, 0.6) is 5.75 Å². The molecule has 2 rings (SSSR count). The van der Waals surface area contributed by atoms with Crippen LogP contribution in [0.25, 0.3) is 5.69 Å². The topological polar surface area (TPSA) is 25.2 Å². The van der Waals surface area contributed by atoms with Gasteiger partial charge in [-0.15, -0.1) is 0 Å². The zero-order valence-corrected chi connectivity index (χ0v) is 6.51. The molecule has 12 heavy (non-hydrogen) atoms. The zero-order valence-electron chi connectivity index (χ0n) is 6.51. The summed E-state index contributed by atoms with van der Waals surface area (Å²) >= 11 is 0. The molecule has 2 nitrogen and oxygen atoms in total. The third-order valence-corrected chi connectivity index (χ3v) is 1.75. The molecule has 0 fully saturated rings. The Labute approximate surface area is 70.7 Å². The third-order valence-electron chi connectivity index (χ3n) is 1.75. The lowest BCUT2D eigenvalue weighted by molar-refractivity contribution is 0.475. The molecule has 0 aliphatic rings. The molecule has 0 aliphatic carbocycles. The van der Waals surface area contributed by atoms with E-state index < -0.39 is 0 Å². The van der Waals surface area contributed by atoms with E-state index in [-0.39, 0.29) is 0 Å². The molecule has 0 spiro atoms. The number of benzene rings is 1. The molecule has 0 bridgehead atoms. The van der Waals surface area contributed by atoms with Gasteiger partial charge in [-0.1, -0.05) is 0 Å². The molecule has 0 amide bonds. The van der Waals surface area contributed by atoms with E-state index in [9.17, 15) is 0 Å². The second kappa shape index (κ2) is 2.74. The largest absolute Gasteiger partial charge is 0.508 e. The Morgan fingerprint density at radius 2 is 1.50 bits per heavy atom. The Bertz CT molecular complexity index is 348. The lowest BCUT2D eigenvalue weighted by Crippen LogP contribution is -1.87. The van der Waals surface area contributed by atoms with Gasteiger partial charge in [0.15, 0.2) is 0 Å². The van der Waals surface area contributed by atoms with E-state index in [0.29, 0.717) is 5.75 Å². The van der Waals surface area contributed by atoms with Gasteiger partial charge in [0.05, 0.1) is 0 Å². The molecule has 0 atom stereocenters. The molecule has 0 aliphatic heterocycles. The van der Waals surface area contributed by atoms with Crippen LogP contribution in [-0.4, -0.2) is 9.67 Å². The van der Waals surface area contributed by atoms with Crippen molar-refractivity contribution in [1.82, 2.24) is 4.57 Å². The fourth-order valence-electron chi connectivity index (χ4n) is 1.13. The smallest absolute Gasteiger partial charge is 0.115 e. The lowest BCUT2D eigenvalue weighted by Gasteiger charge is -2.01. The highest BCUT2D eigenvalue weighted by molar-refractivity contribution is 5.36. The summed E-state index contributed by atoms with van der Waals surface area (Å²) in [6.45, 7) is 0. The fraction of sp³-hybridized carbons (Fsp3) is 0. The highest BCUT2D eigenvalue weighted by Gasteiger charge is 1.92. The first kappa shape index (κ1) is 6.98. The number of aromatic hydroxyl groups is 1. The van der Waals surface area contributed by atoms with E-state index in [1.54, 1.807) is 12.1 Å². The van der Waals surface area contributed by atoms with E-state index in [1.807, 2.05) is 41.2 Å². The van der Waals surface area contributed by atoms with E-state index in [0.717, 1.165) is 5.69 Å². The maximum atomic E-state index is 9.04. The Kier molecular flexibility index (Phi) is 1.59. The number of phenolic OH excluding ortho intramolecular Hbond substituents is 1. The SMILES string of the molecule is Oc1ccc(-n2cccc2)cc1. The van der Waals surface area contributed by atoms with Crippen molar-refractivity contribution in [1.29, 1.82) is 0 Å². The van der Waals surface area contributed by atoms with Crippen molar-refractivity contribution in [3.63, 3.8) is 0 Å². The predicted octanol–water partition coefficient (Wildman–Crippen LogP) is 2.18. The monoisotopic (exact) mass is 159 g/mol. The number of hydrogen-bond acceptors (Lipinski definition) is 1. The van der Waals surface area contributed by atoms with Gasteiger partial charge in [0.1, 0.15) is 5.75 Å². The average molecular weight is 159 g/mol. The molecule has 2 heteroatoms. The summed E-state index contributed by atoms with van der Waals surface area (Å²) < 4.78 is 1.99. The standard InChI is InChI=1S/C10H9NO/c12-10-5-3-9(4-6-10)11-7-1-2-8-11/h1-8,12H. The summed E-state index contributed by atoms with van der Waals surface area (Å²) in [5, 5.41) is 9.04. The minimum Gasteiger partial charge on any atom is -0.508 e. The molecule has 1 aromatic carbocycles. The van der Waals surface area contributed by atoms with Crippen LogP contribution in [0, 0.1) is 0 Å². The Hall–Kier alpha value is -1.70. The number of nitrogens with zero attached hydrogens (tertiary/aromatic N) is 1. The van der Waals surface area contributed by atoms with Gasteiger partial charge in [0.2, 0.25) is 0 Å². The average Bonchev–Trinajstić information content (AvgIpc) is 2.58. The predicted molar refractivity (Wildman–Crippen MR) is 47.4 cm³/mol. The molecule has 60 valence electrons. The van der Waals surface area contributed by atoms with Crippen LogP contribution in [0.15, 0.2) is 48.8 Å². The summed E-state index contributed by atoms with van der Waals surface area (Å²) in [6.07, 6.45) is 3.93. The second-order valence-electron chi connectivity index (χ2n) is 2.61. The van der Waals surface area contributed by atoms with Gasteiger partial charge in [-0.3, -0.25) is 0 Å². The normalized spacial score (nSPS) is 10.0. The van der Waals surface area contributed by atoms with Gasteiger partial charge in [0.25, 0.3) is 0 Å². The third kappa shape index (κ3) is 1.19. The quantitative estimate of drug-likeness (QED) is 0.677. The van der Waals surface area contributed by atoms with Gasteiger partial charge in [-0.2, -0.15) is 0 Å². The summed E-state index contributed by atoms with van der Waals surface area (Å²) in [7, 11) is 0. The van der Waals surface area contributed by atoms with Crippen molar-refractivity contribution < 1.29 is 5.11 Å². The molecule has 0 saturated carbocycles. The van der Waals surface area contributed by atoms with Gasteiger partial charge in [0, 0.05) is 18.1 Å². The van der Waals surface area contributed by atoms with Crippen molar-refractivity contribution in [3.05, 3.63) is 48.8 Å². The second-order valence-corrected chi connectivity index (χ2v) is 2.61. The van der Waals surface area contributed by atoms with E-state index >= 15 is 0 Å². The molecule has 1 heterocycles. The van der Waals surface area contributed by atoms with Crippen LogP contribution in [-0.2, 0) is 0 Å². The zero-order chi connectivity index (χ0) is 8.39. The van der Waals surface area contributed by atoms with Crippen LogP contribution in [0.2, 0.25) is 0 Å². The van der Waals surface area contributed by atoms with Crippen LogP contribution >= 0.6 is 0 Å². The molecular weight excluding hydrogens is 150 g/mol. The van der Waals surface area contributed by atoms with Crippen LogP contribution in [0.1, 0.15) is 0 Å². The van der Waals surface area contributed by atoms with Crippen LogP contribution in [0.4, 0.5) is 0 Å². The van der Waals surface area contributed by atoms with E-state index in [4.69, 9.17) is 5.11 Å². The summed E-state index contributed by atoms with van der Waals surface area (Å²) in [6, 6.07) is 11.0. The first-order chi connectivity index (χ1) is 5.86. The maximum Gasteiger partial charge on any atom is 0.115 e. The highest BCUT2D eigenvalue weighted by Crippen LogP contribution is 2.13. The van der Waals surface area contributed by atoms with E-state index in [1.165, 1.54) is 0 Å². The Balaban J connectivity index is 2.43. The van der Waals surface area contributed by atoms with Gasteiger partial charge >= 0.3 is 0 Å².